The van der Waals surface area contributed by atoms with Crippen LogP contribution in [-0.4, -0.2) is 42.0 Å². The molecule has 28 heavy (non-hydrogen) atoms. The van der Waals surface area contributed by atoms with Gasteiger partial charge in [-0.05, 0) is 50.2 Å². The van der Waals surface area contributed by atoms with Gasteiger partial charge in [-0.25, -0.2) is 0 Å². The number of para-hydroxylation sites is 1. The maximum absolute atomic E-state index is 12.4. The van der Waals surface area contributed by atoms with Crippen LogP contribution in [0, 0.1) is 0 Å². The van der Waals surface area contributed by atoms with E-state index < -0.39 is 0 Å². The summed E-state index contributed by atoms with van der Waals surface area (Å²) < 4.78 is 5.71. The summed E-state index contributed by atoms with van der Waals surface area (Å²) in [6, 6.07) is 17.6. The Balaban J connectivity index is 1.60. The molecule has 7 heteroatoms. The van der Waals surface area contributed by atoms with Crippen molar-refractivity contribution in [3.63, 3.8) is 0 Å². The molecule has 1 amide bonds. The Hall–Kier alpha value is -2.80. The molecule has 0 saturated carbocycles. The number of rotatable bonds is 8. The van der Waals surface area contributed by atoms with Gasteiger partial charge in [0.05, 0.1) is 5.75 Å². The summed E-state index contributed by atoms with van der Waals surface area (Å²) >= 11 is 1.24. The van der Waals surface area contributed by atoms with Gasteiger partial charge in [0.25, 0.3) is 5.22 Å². The van der Waals surface area contributed by atoms with Gasteiger partial charge in [-0.15, -0.1) is 10.2 Å². The predicted molar refractivity (Wildman–Crippen MR) is 114 cm³/mol. The highest BCUT2D eigenvalue weighted by Gasteiger charge is 2.15. The van der Waals surface area contributed by atoms with Gasteiger partial charge in [0, 0.05) is 37.1 Å². The molecule has 0 atom stereocenters. The molecule has 0 N–H and O–H groups in total. The van der Waals surface area contributed by atoms with Gasteiger partial charge in [-0.2, -0.15) is 0 Å². The molecule has 0 unspecified atom stereocenters. The third-order valence-electron chi connectivity index (χ3n) is 4.49. The first-order chi connectivity index (χ1) is 13.6. The normalized spacial score (nSPS) is 10.7. The van der Waals surface area contributed by atoms with Crippen LogP contribution < -0.4 is 9.80 Å². The van der Waals surface area contributed by atoms with Crippen LogP contribution in [0.4, 0.5) is 11.4 Å². The van der Waals surface area contributed by atoms with E-state index in [9.17, 15) is 4.79 Å². The fourth-order valence-corrected chi connectivity index (χ4v) is 3.48. The average Bonchev–Trinajstić information content (AvgIpc) is 3.22. The van der Waals surface area contributed by atoms with Crippen molar-refractivity contribution in [1.29, 1.82) is 0 Å². The number of anilines is 2. The summed E-state index contributed by atoms with van der Waals surface area (Å²) in [5.41, 5.74) is 2.88. The smallest absolute Gasteiger partial charge is 0.277 e. The summed E-state index contributed by atoms with van der Waals surface area (Å²) in [6.45, 7) is 6.19. The lowest BCUT2D eigenvalue weighted by molar-refractivity contribution is -0.115. The van der Waals surface area contributed by atoms with Crippen molar-refractivity contribution < 1.29 is 9.21 Å². The van der Waals surface area contributed by atoms with Gasteiger partial charge < -0.3 is 14.2 Å². The molecular weight excluding hydrogens is 372 g/mol. The van der Waals surface area contributed by atoms with E-state index >= 15 is 0 Å². The molecule has 3 aromatic rings. The van der Waals surface area contributed by atoms with E-state index in [1.54, 1.807) is 11.9 Å². The van der Waals surface area contributed by atoms with Crippen molar-refractivity contribution in [2.45, 2.75) is 19.1 Å². The Morgan fingerprint density at radius 2 is 1.64 bits per heavy atom. The SMILES string of the molecule is CCN(CC)c1ccc(-c2nnc(SCC(=O)N(C)c3ccccc3)o2)cc1. The zero-order valence-electron chi connectivity index (χ0n) is 16.3. The first kappa shape index (κ1) is 19.9. The molecule has 0 aliphatic heterocycles. The Kier molecular flexibility index (Phi) is 6.71. The lowest BCUT2D eigenvalue weighted by Crippen LogP contribution is -2.27. The van der Waals surface area contributed by atoms with Crippen molar-refractivity contribution in [2.75, 3.05) is 35.7 Å². The topological polar surface area (TPSA) is 62.5 Å². The second-order valence-corrected chi connectivity index (χ2v) is 7.10. The van der Waals surface area contributed by atoms with Crippen LogP contribution in [0.2, 0.25) is 0 Å². The molecule has 6 nitrogen and oxygen atoms in total. The number of amides is 1. The third kappa shape index (κ3) is 4.72. The van der Waals surface area contributed by atoms with Crippen LogP contribution in [-0.2, 0) is 4.79 Å². The van der Waals surface area contributed by atoms with Crippen molar-refractivity contribution in [1.82, 2.24) is 10.2 Å². The fraction of sp³-hybridized carbons (Fsp3) is 0.286. The summed E-state index contributed by atoms with van der Waals surface area (Å²) in [5, 5.41) is 8.54. The summed E-state index contributed by atoms with van der Waals surface area (Å²) in [5.74, 6) is 0.658. The zero-order chi connectivity index (χ0) is 19.9. The van der Waals surface area contributed by atoms with Gasteiger partial charge >= 0.3 is 0 Å². The van der Waals surface area contributed by atoms with Crippen LogP contribution in [0.5, 0.6) is 0 Å². The molecule has 0 spiro atoms. The van der Waals surface area contributed by atoms with E-state index in [0.717, 1.165) is 30.0 Å². The van der Waals surface area contributed by atoms with Crippen LogP contribution in [0.3, 0.4) is 0 Å². The molecule has 0 aliphatic rings. The molecule has 2 aromatic carbocycles. The second-order valence-electron chi connectivity index (χ2n) is 6.17. The van der Waals surface area contributed by atoms with Crippen LogP contribution in [0.15, 0.2) is 64.2 Å². The molecule has 1 heterocycles. The number of thioether (sulfide) groups is 1. The van der Waals surface area contributed by atoms with Crippen LogP contribution in [0.1, 0.15) is 13.8 Å². The van der Waals surface area contributed by atoms with E-state index in [1.807, 2.05) is 42.5 Å². The Bertz CT molecular complexity index is 892. The van der Waals surface area contributed by atoms with Gasteiger partial charge in [-0.3, -0.25) is 4.79 Å². The number of aromatic nitrogens is 2. The molecule has 0 fully saturated rings. The first-order valence-electron chi connectivity index (χ1n) is 9.25. The van der Waals surface area contributed by atoms with Crippen molar-refractivity contribution >= 4 is 29.0 Å². The minimum Gasteiger partial charge on any atom is -0.411 e. The van der Waals surface area contributed by atoms with E-state index in [2.05, 4.69) is 41.1 Å². The molecule has 0 aliphatic carbocycles. The monoisotopic (exact) mass is 396 g/mol. The van der Waals surface area contributed by atoms with Gasteiger partial charge in [0.1, 0.15) is 0 Å². The predicted octanol–water partition coefficient (Wildman–Crippen LogP) is 4.34. The average molecular weight is 397 g/mol. The maximum atomic E-state index is 12.4. The maximum Gasteiger partial charge on any atom is 0.277 e. The standard InChI is InChI=1S/C21H24N4O2S/c1-4-25(5-2)18-13-11-16(12-14-18)20-22-23-21(27-20)28-15-19(26)24(3)17-9-7-6-8-10-17/h6-14H,4-5,15H2,1-3H3. The Morgan fingerprint density at radius 3 is 2.29 bits per heavy atom. The second kappa shape index (κ2) is 9.41. The fourth-order valence-electron chi connectivity index (χ4n) is 2.80. The highest BCUT2D eigenvalue weighted by molar-refractivity contribution is 7.99. The number of hydrogen-bond donors (Lipinski definition) is 0. The minimum absolute atomic E-state index is 0.0282. The highest BCUT2D eigenvalue weighted by Crippen LogP contribution is 2.26. The van der Waals surface area contributed by atoms with Gasteiger partial charge in [0.15, 0.2) is 0 Å². The summed E-state index contributed by atoms with van der Waals surface area (Å²) in [4.78, 5) is 16.3. The largest absolute Gasteiger partial charge is 0.411 e. The highest BCUT2D eigenvalue weighted by atomic mass is 32.2. The number of carbonyl (C=O) groups excluding carboxylic acids is 1. The molecule has 0 radical (unpaired) electrons. The van der Waals surface area contributed by atoms with Crippen molar-refractivity contribution in [3.05, 3.63) is 54.6 Å². The summed E-state index contributed by atoms with van der Waals surface area (Å²) in [7, 11) is 1.76. The Labute approximate surface area is 169 Å². The molecule has 0 saturated heterocycles. The van der Waals surface area contributed by atoms with Gasteiger partial charge in [0.2, 0.25) is 11.8 Å². The van der Waals surface area contributed by atoms with Crippen molar-refractivity contribution in [3.8, 4) is 11.5 Å². The third-order valence-corrected chi connectivity index (χ3v) is 5.29. The quantitative estimate of drug-likeness (QED) is 0.528. The lowest BCUT2D eigenvalue weighted by atomic mass is 10.2. The first-order valence-corrected chi connectivity index (χ1v) is 10.2. The van der Waals surface area contributed by atoms with Gasteiger partial charge in [-0.1, -0.05) is 30.0 Å². The molecule has 146 valence electrons. The van der Waals surface area contributed by atoms with Crippen LogP contribution >= 0.6 is 11.8 Å². The lowest BCUT2D eigenvalue weighted by Gasteiger charge is -2.20. The van der Waals surface area contributed by atoms with E-state index in [0.29, 0.717) is 11.1 Å². The van der Waals surface area contributed by atoms with E-state index in [-0.39, 0.29) is 11.7 Å². The number of benzene rings is 2. The number of hydrogen-bond acceptors (Lipinski definition) is 6. The molecule has 0 bridgehead atoms. The van der Waals surface area contributed by atoms with E-state index in [1.165, 1.54) is 11.8 Å². The summed E-state index contributed by atoms with van der Waals surface area (Å²) in [6.07, 6.45) is 0. The molecule has 1 aromatic heterocycles. The van der Waals surface area contributed by atoms with Crippen LogP contribution in [0.25, 0.3) is 11.5 Å². The Morgan fingerprint density at radius 1 is 0.964 bits per heavy atom. The minimum atomic E-state index is -0.0282. The zero-order valence-corrected chi connectivity index (χ0v) is 17.1. The number of carbonyl (C=O) groups is 1. The molecular formula is C21H24N4O2S. The van der Waals surface area contributed by atoms with Crippen molar-refractivity contribution in [2.24, 2.45) is 0 Å². The van der Waals surface area contributed by atoms with E-state index in [4.69, 9.17) is 4.42 Å². The molecule has 3 rings (SSSR count). The number of nitrogens with zero attached hydrogens (tertiary/aromatic N) is 4.